The van der Waals surface area contributed by atoms with Gasteiger partial charge in [0, 0.05) is 24.6 Å². The molecule has 0 amide bonds. The third kappa shape index (κ3) is 3.22. The predicted molar refractivity (Wildman–Crippen MR) is 82.0 cm³/mol. The van der Waals surface area contributed by atoms with Crippen molar-refractivity contribution in [3.8, 4) is 5.75 Å². The second-order valence-corrected chi connectivity index (χ2v) is 6.48. The number of ether oxygens (including phenoxy) is 1. The molecule has 0 bridgehead atoms. The van der Waals surface area contributed by atoms with Gasteiger partial charge in [0.1, 0.15) is 17.7 Å². The lowest BCUT2D eigenvalue weighted by Crippen LogP contribution is -2.46. The molecule has 2 aliphatic rings. The number of nitrogens with two attached hydrogens (primary N) is 1. The summed E-state index contributed by atoms with van der Waals surface area (Å²) < 4.78 is 19.2. The summed E-state index contributed by atoms with van der Waals surface area (Å²) >= 11 is 0. The van der Waals surface area contributed by atoms with Crippen molar-refractivity contribution in [2.24, 2.45) is 11.7 Å². The van der Waals surface area contributed by atoms with Gasteiger partial charge in [0.25, 0.3) is 0 Å². The van der Waals surface area contributed by atoms with E-state index in [2.05, 4.69) is 11.9 Å². The van der Waals surface area contributed by atoms with Crippen LogP contribution in [-0.2, 0) is 6.42 Å². The lowest BCUT2D eigenvalue weighted by atomic mass is 9.83. The van der Waals surface area contributed by atoms with Crippen LogP contribution in [0.25, 0.3) is 0 Å². The summed E-state index contributed by atoms with van der Waals surface area (Å²) in [6, 6.07) is 5.37. The first-order chi connectivity index (χ1) is 10.2. The Labute approximate surface area is 126 Å². The third-order valence-electron chi connectivity index (χ3n) is 4.99. The van der Waals surface area contributed by atoms with Crippen molar-refractivity contribution in [1.29, 1.82) is 0 Å². The first-order valence-electron chi connectivity index (χ1n) is 8.02. The van der Waals surface area contributed by atoms with Crippen LogP contribution < -0.4 is 10.5 Å². The number of fused-ring (bicyclic) bond motifs is 1. The summed E-state index contributed by atoms with van der Waals surface area (Å²) in [6.45, 7) is 1.66. The Hall–Kier alpha value is -1.13. The normalized spacial score (nSPS) is 28.5. The number of nitrogens with zero attached hydrogens (tertiary/aromatic N) is 1. The summed E-state index contributed by atoms with van der Waals surface area (Å²) in [7, 11) is 2.17. The van der Waals surface area contributed by atoms with E-state index in [0.717, 1.165) is 30.8 Å². The number of likely N-dealkylation sites (N-methyl/N-ethyl adjacent to an activating group) is 1. The number of rotatable bonds is 4. The number of halogens is 1. The fourth-order valence-electron chi connectivity index (χ4n) is 3.89. The van der Waals surface area contributed by atoms with E-state index in [0.29, 0.717) is 12.0 Å². The quantitative estimate of drug-likeness (QED) is 0.927. The zero-order valence-electron chi connectivity index (χ0n) is 12.7. The molecule has 1 aliphatic heterocycles. The summed E-state index contributed by atoms with van der Waals surface area (Å²) in [5, 5.41) is 0. The summed E-state index contributed by atoms with van der Waals surface area (Å²) in [5.74, 6) is 1.26. The highest BCUT2D eigenvalue weighted by molar-refractivity contribution is 5.37. The molecule has 3 nitrogen and oxygen atoms in total. The van der Waals surface area contributed by atoms with Gasteiger partial charge in [-0.15, -0.1) is 0 Å². The van der Waals surface area contributed by atoms with Gasteiger partial charge in [-0.3, -0.25) is 4.90 Å². The van der Waals surface area contributed by atoms with Crippen LogP contribution in [0.1, 0.15) is 31.2 Å². The van der Waals surface area contributed by atoms with Crippen LogP contribution in [-0.4, -0.2) is 37.2 Å². The zero-order chi connectivity index (χ0) is 14.8. The van der Waals surface area contributed by atoms with Crippen molar-refractivity contribution in [3.05, 3.63) is 29.6 Å². The number of hydrogen-bond acceptors (Lipinski definition) is 3. The topological polar surface area (TPSA) is 38.5 Å². The Morgan fingerprint density at radius 1 is 1.33 bits per heavy atom. The van der Waals surface area contributed by atoms with Crippen molar-refractivity contribution in [1.82, 2.24) is 4.90 Å². The van der Waals surface area contributed by atoms with Gasteiger partial charge in [-0.25, -0.2) is 4.39 Å². The second-order valence-electron chi connectivity index (χ2n) is 6.48. The maximum Gasteiger partial charge on any atom is 0.123 e. The fraction of sp³-hybridized carbons (Fsp3) is 0.647. The molecule has 116 valence electrons. The van der Waals surface area contributed by atoms with Gasteiger partial charge in [0.2, 0.25) is 0 Å². The van der Waals surface area contributed by atoms with Crippen molar-refractivity contribution < 1.29 is 9.13 Å². The molecule has 3 atom stereocenters. The molecule has 2 N–H and O–H groups in total. The number of hydrogen-bond donors (Lipinski definition) is 1. The first-order valence-corrected chi connectivity index (χ1v) is 8.02. The zero-order valence-corrected chi connectivity index (χ0v) is 12.7. The Morgan fingerprint density at radius 3 is 2.95 bits per heavy atom. The molecular weight excluding hydrogens is 267 g/mol. The Morgan fingerprint density at radius 2 is 2.14 bits per heavy atom. The van der Waals surface area contributed by atoms with Crippen LogP contribution in [0.3, 0.4) is 0 Å². The van der Waals surface area contributed by atoms with E-state index in [1.165, 1.54) is 31.7 Å². The van der Waals surface area contributed by atoms with Gasteiger partial charge in [0.15, 0.2) is 0 Å². The molecule has 21 heavy (non-hydrogen) atoms. The highest BCUT2D eigenvalue weighted by Gasteiger charge is 2.31. The Bertz CT molecular complexity index is 494. The van der Waals surface area contributed by atoms with Crippen molar-refractivity contribution in [2.75, 3.05) is 20.1 Å². The van der Waals surface area contributed by atoms with Crippen LogP contribution >= 0.6 is 0 Å². The van der Waals surface area contributed by atoms with E-state index in [1.54, 1.807) is 12.1 Å². The summed E-state index contributed by atoms with van der Waals surface area (Å²) in [4.78, 5) is 2.41. The molecule has 0 aromatic heterocycles. The van der Waals surface area contributed by atoms with Gasteiger partial charge >= 0.3 is 0 Å². The molecule has 1 aliphatic carbocycles. The van der Waals surface area contributed by atoms with E-state index >= 15 is 0 Å². The monoisotopic (exact) mass is 292 g/mol. The molecule has 0 radical (unpaired) electrons. The molecule has 3 unspecified atom stereocenters. The van der Waals surface area contributed by atoms with Crippen molar-refractivity contribution in [2.45, 2.75) is 44.2 Å². The maximum absolute atomic E-state index is 13.3. The largest absolute Gasteiger partial charge is 0.488 e. The average molecular weight is 292 g/mol. The van der Waals surface area contributed by atoms with Gasteiger partial charge in [-0.1, -0.05) is 12.8 Å². The molecular formula is C17H25FN2O. The van der Waals surface area contributed by atoms with Crippen molar-refractivity contribution in [3.63, 3.8) is 0 Å². The standard InChI is InChI=1S/C17H25FN2O/c1-20(16-5-3-2-4-12(16)10-19)11-15-9-13-8-14(18)6-7-17(13)21-15/h6-8,12,15-16H,2-5,9-11,19H2,1H3. The lowest BCUT2D eigenvalue weighted by molar-refractivity contribution is 0.0889. The van der Waals surface area contributed by atoms with Gasteiger partial charge < -0.3 is 10.5 Å². The van der Waals surface area contributed by atoms with E-state index in [-0.39, 0.29) is 11.9 Å². The molecule has 0 spiro atoms. The van der Waals surface area contributed by atoms with Crippen LogP contribution in [0.4, 0.5) is 4.39 Å². The average Bonchev–Trinajstić information content (AvgIpc) is 2.88. The van der Waals surface area contributed by atoms with Crippen LogP contribution in [0.15, 0.2) is 18.2 Å². The summed E-state index contributed by atoms with van der Waals surface area (Å²) in [5.41, 5.74) is 6.92. The van der Waals surface area contributed by atoms with E-state index in [9.17, 15) is 4.39 Å². The van der Waals surface area contributed by atoms with E-state index in [4.69, 9.17) is 10.5 Å². The smallest absolute Gasteiger partial charge is 0.123 e. The van der Waals surface area contributed by atoms with Crippen LogP contribution in [0, 0.1) is 11.7 Å². The molecule has 1 fully saturated rings. The highest BCUT2D eigenvalue weighted by Crippen LogP contribution is 2.31. The molecule has 3 rings (SSSR count). The second kappa shape index (κ2) is 6.32. The molecule has 1 saturated carbocycles. The third-order valence-corrected chi connectivity index (χ3v) is 4.99. The Balaban J connectivity index is 1.60. The van der Waals surface area contributed by atoms with E-state index in [1.807, 2.05) is 0 Å². The number of benzene rings is 1. The molecule has 1 heterocycles. The molecule has 1 aromatic rings. The lowest BCUT2D eigenvalue weighted by Gasteiger charge is -2.38. The van der Waals surface area contributed by atoms with Gasteiger partial charge in [-0.2, -0.15) is 0 Å². The van der Waals surface area contributed by atoms with Crippen LogP contribution in [0.5, 0.6) is 5.75 Å². The molecule has 1 aromatic carbocycles. The molecule has 4 heteroatoms. The SMILES string of the molecule is CN(CC1Cc2cc(F)ccc2O1)C1CCCCC1CN. The van der Waals surface area contributed by atoms with Crippen molar-refractivity contribution >= 4 is 0 Å². The van der Waals surface area contributed by atoms with Gasteiger partial charge in [0.05, 0.1) is 0 Å². The fourth-order valence-corrected chi connectivity index (χ4v) is 3.89. The first kappa shape index (κ1) is 14.8. The minimum Gasteiger partial charge on any atom is -0.488 e. The highest BCUT2D eigenvalue weighted by atomic mass is 19.1. The van der Waals surface area contributed by atoms with E-state index < -0.39 is 0 Å². The predicted octanol–water partition coefficient (Wildman–Crippen LogP) is 2.58. The summed E-state index contributed by atoms with van der Waals surface area (Å²) in [6.07, 6.45) is 6.00. The Kier molecular flexibility index (Phi) is 4.45. The van der Waals surface area contributed by atoms with Gasteiger partial charge in [-0.05, 0) is 50.6 Å². The minimum absolute atomic E-state index is 0.132. The van der Waals surface area contributed by atoms with Crippen LogP contribution in [0.2, 0.25) is 0 Å². The molecule has 0 saturated heterocycles. The minimum atomic E-state index is -0.179. The maximum atomic E-state index is 13.3.